The summed E-state index contributed by atoms with van der Waals surface area (Å²) in [5, 5.41) is 18.7. The van der Waals surface area contributed by atoms with Crippen molar-refractivity contribution in [3.63, 3.8) is 0 Å². The number of aliphatic hydroxyl groups is 1. The minimum absolute atomic E-state index is 0.0927. The van der Waals surface area contributed by atoms with Crippen molar-refractivity contribution in [2.24, 2.45) is 0 Å². The van der Waals surface area contributed by atoms with Crippen molar-refractivity contribution < 1.29 is 42.1 Å². The topological polar surface area (TPSA) is 152 Å². The second-order valence-corrected chi connectivity index (χ2v) is 11.9. The first-order valence-corrected chi connectivity index (χ1v) is 14.0. The fraction of sp³-hybridized carbons (Fsp3) is 0.387. The molecule has 0 spiro atoms. The molecule has 3 heterocycles. The van der Waals surface area contributed by atoms with Gasteiger partial charge in [-0.2, -0.15) is 0 Å². The Balaban J connectivity index is 1.60. The number of rotatable bonds is 6. The van der Waals surface area contributed by atoms with E-state index in [0.29, 0.717) is 5.56 Å². The molecule has 1 aliphatic heterocycles. The number of ether oxygens (including phenoxy) is 2. The van der Waals surface area contributed by atoms with Gasteiger partial charge >= 0.3 is 6.09 Å². The molecule has 4 rings (SSSR count). The largest absolute Gasteiger partial charge is 0.444 e. The SMILES string of the molecule is CC(=O)Nc1cc(F)c(-c2nc(C(=O)Nc3cnccc3C3CC(NC(=O)OC(C)(C)C)C(C)(O)C(C)O3)ccc2F)c(F)c1. The maximum atomic E-state index is 14.9. The Kier molecular flexibility index (Phi) is 9.49. The van der Waals surface area contributed by atoms with Crippen LogP contribution in [0.3, 0.4) is 0 Å². The number of nitrogens with one attached hydrogen (secondary N) is 3. The summed E-state index contributed by atoms with van der Waals surface area (Å²) in [6.07, 6.45) is 0.674. The average Bonchev–Trinajstić information content (AvgIpc) is 2.91. The molecule has 0 aliphatic carbocycles. The van der Waals surface area contributed by atoms with Crippen molar-refractivity contribution in [2.45, 2.75) is 77.4 Å². The Morgan fingerprint density at radius 1 is 1.07 bits per heavy atom. The second-order valence-electron chi connectivity index (χ2n) is 11.9. The van der Waals surface area contributed by atoms with Crippen molar-refractivity contribution in [1.82, 2.24) is 15.3 Å². The monoisotopic (exact) mass is 629 g/mol. The fourth-order valence-corrected chi connectivity index (χ4v) is 4.83. The number of hydrogen-bond donors (Lipinski definition) is 4. The summed E-state index contributed by atoms with van der Waals surface area (Å²) in [5.41, 5.74) is -3.72. The number of nitrogens with zero attached hydrogens (tertiary/aromatic N) is 2. The Labute approximate surface area is 257 Å². The molecule has 1 saturated heterocycles. The van der Waals surface area contributed by atoms with E-state index in [9.17, 15) is 32.7 Å². The molecule has 3 aromatic rings. The molecule has 2 aromatic heterocycles. The number of carbonyl (C=O) groups excluding carboxylic acids is 3. The second kappa shape index (κ2) is 12.8. The first kappa shape index (κ1) is 33.3. The Bertz CT molecular complexity index is 1600. The van der Waals surface area contributed by atoms with Crippen molar-refractivity contribution in [2.75, 3.05) is 10.6 Å². The summed E-state index contributed by atoms with van der Waals surface area (Å²) >= 11 is 0. The number of anilines is 2. The lowest BCUT2D eigenvalue weighted by molar-refractivity contribution is -0.176. The Hall–Kier alpha value is -4.56. The summed E-state index contributed by atoms with van der Waals surface area (Å²) < 4.78 is 55.9. The van der Waals surface area contributed by atoms with E-state index in [4.69, 9.17) is 9.47 Å². The van der Waals surface area contributed by atoms with E-state index >= 15 is 0 Å². The van der Waals surface area contributed by atoms with E-state index in [1.54, 1.807) is 33.8 Å². The number of hydrogen-bond acceptors (Lipinski definition) is 8. The van der Waals surface area contributed by atoms with Gasteiger partial charge in [0.2, 0.25) is 5.91 Å². The molecule has 11 nitrogen and oxygen atoms in total. The number of aromatic nitrogens is 2. The lowest BCUT2D eigenvalue weighted by atomic mass is 9.82. The number of carbonyl (C=O) groups is 3. The lowest BCUT2D eigenvalue weighted by Crippen LogP contribution is -2.61. The molecule has 4 N–H and O–H groups in total. The van der Waals surface area contributed by atoms with E-state index in [1.165, 1.54) is 19.3 Å². The highest BCUT2D eigenvalue weighted by atomic mass is 19.1. The van der Waals surface area contributed by atoms with E-state index in [2.05, 4.69) is 25.9 Å². The van der Waals surface area contributed by atoms with Crippen LogP contribution in [-0.2, 0) is 14.3 Å². The summed E-state index contributed by atoms with van der Waals surface area (Å²) in [5.74, 6) is -4.90. The Morgan fingerprint density at radius 3 is 2.36 bits per heavy atom. The van der Waals surface area contributed by atoms with Crippen molar-refractivity contribution in [3.8, 4) is 11.3 Å². The van der Waals surface area contributed by atoms with Crippen LogP contribution in [0.2, 0.25) is 0 Å². The van der Waals surface area contributed by atoms with Crippen LogP contribution in [0.15, 0.2) is 42.7 Å². The highest BCUT2D eigenvalue weighted by molar-refractivity contribution is 6.03. The molecule has 1 fully saturated rings. The fourth-order valence-electron chi connectivity index (χ4n) is 4.83. The molecule has 4 unspecified atom stereocenters. The van der Waals surface area contributed by atoms with E-state index in [-0.39, 0.29) is 23.5 Å². The molecular formula is C31H34F3N5O6. The normalized spacial score (nSPS) is 21.5. The first-order chi connectivity index (χ1) is 21.0. The van der Waals surface area contributed by atoms with Gasteiger partial charge in [0.1, 0.15) is 40.0 Å². The van der Waals surface area contributed by atoms with Crippen LogP contribution < -0.4 is 16.0 Å². The summed E-state index contributed by atoms with van der Waals surface area (Å²) in [6, 6.07) is 4.29. The molecule has 45 heavy (non-hydrogen) atoms. The van der Waals surface area contributed by atoms with Gasteiger partial charge in [-0.1, -0.05) is 0 Å². The molecule has 1 aromatic carbocycles. The van der Waals surface area contributed by atoms with E-state index in [0.717, 1.165) is 31.2 Å². The van der Waals surface area contributed by atoms with Gasteiger partial charge in [-0.05, 0) is 65.0 Å². The van der Waals surface area contributed by atoms with Crippen molar-refractivity contribution in [3.05, 3.63) is 71.4 Å². The zero-order valence-corrected chi connectivity index (χ0v) is 25.5. The molecular weight excluding hydrogens is 595 g/mol. The van der Waals surface area contributed by atoms with Crippen LogP contribution in [0.25, 0.3) is 11.3 Å². The van der Waals surface area contributed by atoms with Gasteiger partial charge in [-0.25, -0.2) is 22.9 Å². The van der Waals surface area contributed by atoms with Crippen LogP contribution in [0, 0.1) is 17.5 Å². The van der Waals surface area contributed by atoms with Gasteiger partial charge < -0.3 is 30.5 Å². The van der Waals surface area contributed by atoms with Gasteiger partial charge in [0.15, 0.2) is 0 Å². The van der Waals surface area contributed by atoms with Crippen molar-refractivity contribution in [1.29, 1.82) is 0 Å². The predicted octanol–water partition coefficient (Wildman–Crippen LogP) is 5.27. The molecule has 0 saturated carbocycles. The third kappa shape index (κ3) is 7.75. The van der Waals surface area contributed by atoms with Gasteiger partial charge in [0, 0.05) is 30.8 Å². The van der Waals surface area contributed by atoms with Crippen molar-refractivity contribution >= 4 is 29.3 Å². The molecule has 0 bridgehead atoms. The highest BCUT2D eigenvalue weighted by Gasteiger charge is 2.46. The molecule has 0 radical (unpaired) electrons. The van der Waals surface area contributed by atoms with E-state index < -0.39 is 76.1 Å². The average molecular weight is 630 g/mol. The highest BCUT2D eigenvalue weighted by Crippen LogP contribution is 2.39. The Morgan fingerprint density at radius 2 is 1.73 bits per heavy atom. The minimum atomic E-state index is -1.47. The first-order valence-electron chi connectivity index (χ1n) is 14.0. The zero-order chi connectivity index (χ0) is 33.3. The van der Waals surface area contributed by atoms with Crippen LogP contribution in [0.1, 0.15) is 70.1 Å². The number of pyridine rings is 2. The van der Waals surface area contributed by atoms with Gasteiger partial charge in [-0.15, -0.1) is 0 Å². The standard InChI is InChI=1S/C31H34F3N5O6/c1-15-31(6,43)25(39-29(42)45-30(3,4)5)13-24(44-15)18-9-10-35-14-23(18)38-28(41)22-8-7-19(32)27(37-22)26-20(33)11-17(12-21(26)34)36-16(2)40/h7-12,14-15,24-25,43H,13H2,1-6H3,(H,36,40)(H,38,41)(H,39,42). The van der Waals surface area contributed by atoms with Crippen LogP contribution >= 0.6 is 0 Å². The van der Waals surface area contributed by atoms with Crippen LogP contribution in [0.4, 0.5) is 29.3 Å². The molecule has 3 amide bonds. The number of halogens is 3. The van der Waals surface area contributed by atoms with Gasteiger partial charge in [-0.3, -0.25) is 14.6 Å². The third-order valence-corrected chi connectivity index (χ3v) is 7.17. The predicted molar refractivity (Wildman–Crippen MR) is 158 cm³/mol. The van der Waals surface area contributed by atoms with Gasteiger partial charge in [0.05, 0.1) is 35.7 Å². The lowest BCUT2D eigenvalue weighted by Gasteiger charge is -2.45. The summed E-state index contributed by atoms with van der Waals surface area (Å²) in [6.45, 7) is 9.46. The maximum absolute atomic E-state index is 14.9. The number of amides is 3. The quantitative estimate of drug-likeness (QED) is 0.288. The number of alkyl carbamates (subject to hydrolysis) is 1. The molecule has 4 atom stereocenters. The summed E-state index contributed by atoms with van der Waals surface area (Å²) in [7, 11) is 0. The molecule has 240 valence electrons. The zero-order valence-electron chi connectivity index (χ0n) is 25.5. The molecule has 14 heteroatoms. The minimum Gasteiger partial charge on any atom is -0.444 e. The molecule has 1 aliphatic rings. The van der Waals surface area contributed by atoms with E-state index in [1.807, 2.05) is 0 Å². The maximum Gasteiger partial charge on any atom is 0.407 e. The number of benzene rings is 1. The van der Waals surface area contributed by atoms with Crippen LogP contribution in [0.5, 0.6) is 0 Å². The third-order valence-electron chi connectivity index (χ3n) is 7.17. The smallest absolute Gasteiger partial charge is 0.407 e. The van der Waals surface area contributed by atoms with Gasteiger partial charge in [0.25, 0.3) is 5.91 Å². The van der Waals surface area contributed by atoms with Crippen LogP contribution in [-0.4, -0.2) is 56.3 Å². The summed E-state index contributed by atoms with van der Waals surface area (Å²) in [4.78, 5) is 45.0.